The fourth-order valence-corrected chi connectivity index (χ4v) is 3.60. The van der Waals surface area contributed by atoms with Crippen molar-refractivity contribution in [2.75, 3.05) is 19.6 Å². The van der Waals surface area contributed by atoms with Crippen LogP contribution in [0.2, 0.25) is 0 Å². The number of rotatable bonds is 9. The van der Waals surface area contributed by atoms with Crippen molar-refractivity contribution in [1.29, 1.82) is 0 Å². The smallest absolute Gasteiger partial charge is 0.222 e. The van der Waals surface area contributed by atoms with Crippen molar-refractivity contribution in [1.82, 2.24) is 15.5 Å². The summed E-state index contributed by atoms with van der Waals surface area (Å²) in [5.74, 6) is -0.138. The van der Waals surface area contributed by atoms with E-state index in [0.29, 0.717) is 12.6 Å². The minimum absolute atomic E-state index is 0.0149. The number of likely N-dealkylation sites (tertiary alicyclic amines) is 1. The van der Waals surface area contributed by atoms with Gasteiger partial charge in [-0.1, -0.05) is 36.8 Å². The molecule has 1 saturated heterocycles. The van der Waals surface area contributed by atoms with Crippen molar-refractivity contribution in [2.45, 2.75) is 64.5 Å². The van der Waals surface area contributed by atoms with Crippen molar-refractivity contribution in [3.8, 4) is 0 Å². The van der Waals surface area contributed by atoms with Crippen LogP contribution in [0.25, 0.3) is 0 Å². The number of unbranched alkanes of at least 4 members (excludes halogenated alkanes) is 1. The molecule has 0 bridgehead atoms. The van der Waals surface area contributed by atoms with Crippen LogP contribution >= 0.6 is 0 Å². The van der Waals surface area contributed by atoms with Crippen LogP contribution in [0.3, 0.4) is 0 Å². The minimum atomic E-state index is -0.275. The maximum atomic E-state index is 12.3. The monoisotopic (exact) mass is 359 g/mol. The largest absolute Gasteiger partial charge is 0.356 e. The maximum absolute atomic E-state index is 12.3. The van der Waals surface area contributed by atoms with Gasteiger partial charge in [0.15, 0.2) is 0 Å². The molecule has 1 fully saturated rings. The number of piperidine rings is 1. The summed E-state index contributed by atoms with van der Waals surface area (Å²) >= 11 is 0. The average molecular weight is 360 g/mol. The molecule has 144 valence electrons. The van der Waals surface area contributed by atoms with Gasteiger partial charge in [-0.05, 0) is 51.3 Å². The van der Waals surface area contributed by atoms with E-state index in [1.807, 2.05) is 30.3 Å². The van der Waals surface area contributed by atoms with Crippen LogP contribution in [0.4, 0.5) is 0 Å². The molecule has 2 N–H and O–H groups in total. The highest BCUT2D eigenvalue weighted by molar-refractivity contribution is 5.79. The molecule has 1 heterocycles. The molecule has 26 heavy (non-hydrogen) atoms. The lowest BCUT2D eigenvalue weighted by atomic mass is 10.0. The molecule has 2 atom stereocenters. The standard InChI is InChI=1S/C21H33N3O2/c1-17-10-6-8-14-24(17)15-9-7-13-22-21(26)16-20(23-18(2)25)19-11-4-3-5-12-19/h3-5,11-12,17,20H,6-10,13-16H2,1-2H3,(H,22,26)(H,23,25). The van der Waals surface area contributed by atoms with Gasteiger partial charge in [0.1, 0.15) is 0 Å². The van der Waals surface area contributed by atoms with E-state index in [0.717, 1.165) is 24.9 Å². The second-order valence-corrected chi connectivity index (χ2v) is 7.31. The summed E-state index contributed by atoms with van der Waals surface area (Å²) in [6.07, 6.45) is 6.34. The molecule has 2 amide bonds. The van der Waals surface area contributed by atoms with Crippen LogP contribution in [0.5, 0.6) is 0 Å². The third-order valence-electron chi connectivity index (χ3n) is 5.10. The Hall–Kier alpha value is -1.88. The lowest BCUT2D eigenvalue weighted by molar-refractivity contribution is -0.122. The van der Waals surface area contributed by atoms with E-state index >= 15 is 0 Å². The number of amides is 2. The van der Waals surface area contributed by atoms with Gasteiger partial charge in [-0.3, -0.25) is 9.59 Å². The van der Waals surface area contributed by atoms with Gasteiger partial charge < -0.3 is 15.5 Å². The molecular weight excluding hydrogens is 326 g/mol. The first-order valence-electron chi connectivity index (χ1n) is 9.89. The van der Waals surface area contributed by atoms with Gasteiger partial charge in [0.05, 0.1) is 12.5 Å². The molecule has 0 aromatic heterocycles. The van der Waals surface area contributed by atoms with Crippen molar-refractivity contribution in [3.63, 3.8) is 0 Å². The maximum Gasteiger partial charge on any atom is 0.222 e. The Balaban J connectivity index is 1.68. The minimum Gasteiger partial charge on any atom is -0.356 e. The molecule has 2 rings (SSSR count). The van der Waals surface area contributed by atoms with Crippen LogP contribution in [0.1, 0.15) is 64.0 Å². The van der Waals surface area contributed by atoms with Gasteiger partial charge in [-0.2, -0.15) is 0 Å². The molecular formula is C21H33N3O2. The first kappa shape index (κ1) is 20.4. The summed E-state index contributed by atoms with van der Waals surface area (Å²) in [6.45, 7) is 6.82. The van der Waals surface area contributed by atoms with Gasteiger partial charge >= 0.3 is 0 Å². The van der Waals surface area contributed by atoms with Crippen molar-refractivity contribution in [2.24, 2.45) is 0 Å². The lowest BCUT2D eigenvalue weighted by Gasteiger charge is -2.33. The summed E-state index contributed by atoms with van der Waals surface area (Å²) < 4.78 is 0. The number of hydrogen-bond acceptors (Lipinski definition) is 3. The highest BCUT2D eigenvalue weighted by Crippen LogP contribution is 2.17. The number of carbonyl (C=O) groups excluding carboxylic acids is 2. The summed E-state index contributed by atoms with van der Waals surface area (Å²) in [7, 11) is 0. The van der Waals surface area contributed by atoms with E-state index < -0.39 is 0 Å². The van der Waals surface area contributed by atoms with Crippen LogP contribution < -0.4 is 10.6 Å². The van der Waals surface area contributed by atoms with Crippen LogP contribution in [0.15, 0.2) is 30.3 Å². The van der Waals surface area contributed by atoms with Crippen LogP contribution in [-0.4, -0.2) is 42.4 Å². The highest BCUT2D eigenvalue weighted by atomic mass is 16.2. The molecule has 2 unspecified atom stereocenters. The molecule has 0 radical (unpaired) electrons. The molecule has 5 nitrogen and oxygen atoms in total. The normalized spacial score (nSPS) is 18.9. The summed E-state index contributed by atoms with van der Waals surface area (Å²) in [4.78, 5) is 26.3. The van der Waals surface area contributed by atoms with Gasteiger partial charge in [-0.15, -0.1) is 0 Å². The van der Waals surface area contributed by atoms with Crippen molar-refractivity contribution >= 4 is 11.8 Å². The van der Waals surface area contributed by atoms with Gasteiger partial charge in [0, 0.05) is 19.5 Å². The number of nitrogens with one attached hydrogen (secondary N) is 2. The summed E-state index contributed by atoms with van der Waals surface area (Å²) in [5.41, 5.74) is 0.955. The first-order chi connectivity index (χ1) is 12.6. The van der Waals surface area contributed by atoms with Crippen molar-refractivity contribution < 1.29 is 9.59 Å². The zero-order valence-corrected chi connectivity index (χ0v) is 16.2. The Morgan fingerprint density at radius 1 is 1.19 bits per heavy atom. The van der Waals surface area contributed by atoms with E-state index in [9.17, 15) is 9.59 Å². The third-order valence-corrected chi connectivity index (χ3v) is 5.10. The van der Waals surface area contributed by atoms with E-state index in [1.165, 1.54) is 32.7 Å². The fourth-order valence-electron chi connectivity index (χ4n) is 3.60. The predicted molar refractivity (Wildman–Crippen MR) is 105 cm³/mol. The molecule has 0 spiro atoms. The molecule has 1 aromatic carbocycles. The van der Waals surface area contributed by atoms with Crippen molar-refractivity contribution in [3.05, 3.63) is 35.9 Å². The Morgan fingerprint density at radius 3 is 2.65 bits per heavy atom. The van der Waals surface area contributed by atoms with Crippen LogP contribution in [-0.2, 0) is 9.59 Å². The number of hydrogen-bond donors (Lipinski definition) is 2. The number of carbonyl (C=O) groups is 2. The number of benzene rings is 1. The second kappa shape index (κ2) is 11.0. The van der Waals surface area contributed by atoms with E-state index in [2.05, 4.69) is 22.5 Å². The molecule has 0 aliphatic carbocycles. The fraction of sp³-hybridized carbons (Fsp3) is 0.619. The zero-order valence-electron chi connectivity index (χ0n) is 16.2. The quantitative estimate of drug-likeness (QED) is 0.666. The van der Waals surface area contributed by atoms with E-state index in [-0.39, 0.29) is 24.3 Å². The Morgan fingerprint density at radius 2 is 1.96 bits per heavy atom. The highest BCUT2D eigenvalue weighted by Gasteiger charge is 2.18. The second-order valence-electron chi connectivity index (χ2n) is 7.31. The average Bonchev–Trinajstić information content (AvgIpc) is 2.63. The molecule has 1 aromatic rings. The molecule has 1 aliphatic heterocycles. The zero-order chi connectivity index (χ0) is 18.8. The first-order valence-corrected chi connectivity index (χ1v) is 9.89. The molecule has 5 heteroatoms. The Bertz CT molecular complexity index is 562. The summed E-state index contributed by atoms with van der Waals surface area (Å²) in [6, 6.07) is 10.1. The van der Waals surface area contributed by atoms with Crippen LogP contribution in [0, 0.1) is 0 Å². The van der Waals surface area contributed by atoms with Gasteiger partial charge in [0.2, 0.25) is 11.8 Å². The molecule has 0 saturated carbocycles. The Labute approximate surface area is 157 Å². The third kappa shape index (κ3) is 7.16. The van der Waals surface area contributed by atoms with Gasteiger partial charge in [0.25, 0.3) is 0 Å². The number of nitrogens with zero attached hydrogens (tertiary/aromatic N) is 1. The SMILES string of the molecule is CC(=O)NC(CC(=O)NCCCCN1CCCCC1C)c1ccccc1. The lowest BCUT2D eigenvalue weighted by Crippen LogP contribution is -2.38. The van der Waals surface area contributed by atoms with E-state index in [1.54, 1.807) is 0 Å². The predicted octanol–water partition coefficient (Wildman–Crippen LogP) is 3.02. The Kier molecular flexibility index (Phi) is 8.62. The topological polar surface area (TPSA) is 61.4 Å². The summed E-state index contributed by atoms with van der Waals surface area (Å²) in [5, 5.41) is 5.87. The van der Waals surface area contributed by atoms with Gasteiger partial charge in [-0.25, -0.2) is 0 Å². The molecule has 1 aliphatic rings. The van der Waals surface area contributed by atoms with E-state index in [4.69, 9.17) is 0 Å².